The molecule has 0 aliphatic heterocycles. The van der Waals surface area contributed by atoms with E-state index in [0.29, 0.717) is 17.6 Å². The highest BCUT2D eigenvalue weighted by atomic mass is 79.9. The second kappa shape index (κ2) is 8.74. The molecule has 0 fully saturated rings. The fraction of sp³-hybridized carbons (Fsp3) is 0.500. The third-order valence-corrected chi connectivity index (χ3v) is 3.38. The van der Waals surface area contributed by atoms with E-state index in [4.69, 9.17) is 4.74 Å². The summed E-state index contributed by atoms with van der Waals surface area (Å²) in [5.41, 5.74) is 0.163. The minimum atomic E-state index is -0.524. The summed E-state index contributed by atoms with van der Waals surface area (Å²) >= 11 is 3.09. The topological polar surface area (TPSA) is 81.5 Å². The zero-order valence-electron chi connectivity index (χ0n) is 12.1. The van der Waals surface area contributed by atoms with Crippen molar-refractivity contribution in [3.8, 4) is 0 Å². The predicted molar refractivity (Wildman–Crippen MR) is 83.5 cm³/mol. The summed E-state index contributed by atoms with van der Waals surface area (Å²) in [5, 5.41) is 13.6. The lowest BCUT2D eigenvalue weighted by molar-refractivity contribution is -0.385. The molecule has 6 nitrogen and oxygen atoms in total. The van der Waals surface area contributed by atoms with Crippen molar-refractivity contribution in [3.63, 3.8) is 0 Å². The summed E-state index contributed by atoms with van der Waals surface area (Å²) in [6.45, 7) is 5.13. The Balaban J connectivity index is 2.42. The predicted octanol–water partition coefficient (Wildman–Crippen LogP) is 3.29. The van der Waals surface area contributed by atoms with Gasteiger partial charge >= 0.3 is 0 Å². The van der Waals surface area contributed by atoms with Crippen molar-refractivity contribution in [2.24, 2.45) is 0 Å². The molecule has 1 rings (SSSR count). The van der Waals surface area contributed by atoms with Crippen LogP contribution in [0.4, 0.5) is 5.69 Å². The number of hydrogen-bond acceptors (Lipinski definition) is 4. The summed E-state index contributed by atoms with van der Waals surface area (Å²) in [6.07, 6.45) is 1.87. The van der Waals surface area contributed by atoms with E-state index in [9.17, 15) is 14.9 Å². The second-order valence-corrected chi connectivity index (χ2v) is 5.66. The first-order chi connectivity index (χ1) is 9.91. The Kier molecular flexibility index (Phi) is 7.31. The smallest absolute Gasteiger partial charge is 0.284 e. The maximum atomic E-state index is 11.9. The van der Waals surface area contributed by atoms with E-state index in [1.165, 1.54) is 12.1 Å². The number of amides is 1. The minimum Gasteiger partial charge on any atom is -0.379 e. The van der Waals surface area contributed by atoms with Gasteiger partial charge in [-0.3, -0.25) is 14.9 Å². The molecular weight excluding hydrogens is 340 g/mol. The third-order valence-electron chi connectivity index (χ3n) is 2.71. The number of ether oxygens (including phenoxy) is 1. The van der Waals surface area contributed by atoms with Gasteiger partial charge in [0.1, 0.15) is 0 Å². The molecule has 21 heavy (non-hydrogen) atoms. The standard InChI is InChI=1S/C14H19BrN2O4/c1-10(2)21-8-4-3-7-16-14(18)11-5-6-12(15)13(9-11)17(19)20/h5-6,9-10H,3-4,7-8H2,1-2H3,(H,16,18). The van der Waals surface area contributed by atoms with Crippen LogP contribution < -0.4 is 5.32 Å². The van der Waals surface area contributed by atoms with Crippen molar-refractivity contribution in [3.05, 3.63) is 38.3 Å². The molecule has 0 heterocycles. The van der Waals surface area contributed by atoms with E-state index in [0.717, 1.165) is 12.8 Å². The zero-order chi connectivity index (χ0) is 15.8. The molecule has 0 spiro atoms. The number of rotatable bonds is 8. The Morgan fingerprint density at radius 2 is 2.14 bits per heavy atom. The largest absolute Gasteiger partial charge is 0.379 e. The fourth-order valence-corrected chi connectivity index (χ4v) is 2.04. The Labute approximate surface area is 132 Å². The number of carbonyl (C=O) groups is 1. The van der Waals surface area contributed by atoms with E-state index >= 15 is 0 Å². The van der Waals surface area contributed by atoms with Crippen LogP contribution in [0.15, 0.2) is 22.7 Å². The van der Waals surface area contributed by atoms with Crippen LogP contribution in [0.25, 0.3) is 0 Å². The highest BCUT2D eigenvalue weighted by molar-refractivity contribution is 9.10. The number of halogens is 1. The number of unbranched alkanes of at least 4 members (excludes halogenated alkanes) is 1. The molecule has 1 aromatic carbocycles. The van der Waals surface area contributed by atoms with Crippen molar-refractivity contribution >= 4 is 27.5 Å². The lowest BCUT2D eigenvalue weighted by atomic mass is 10.2. The molecular formula is C14H19BrN2O4. The molecule has 0 aliphatic rings. The molecule has 0 bridgehead atoms. The van der Waals surface area contributed by atoms with Gasteiger partial charge in [0, 0.05) is 24.8 Å². The lowest BCUT2D eigenvalue weighted by Gasteiger charge is -2.08. The van der Waals surface area contributed by atoms with E-state index in [2.05, 4.69) is 21.2 Å². The highest BCUT2D eigenvalue weighted by Gasteiger charge is 2.15. The number of nitrogens with one attached hydrogen (secondary N) is 1. The summed E-state index contributed by atoms with van der Waals surface area (Å²) in [7, 11) is 0. The van der Waals surface area contributed by atoms with Gasteiger partial charge in [0.25, 0.3) is 11.6 Å². The molecule has 0 atom stereocenters. The SMILES string of the molecule is CC(C)OCCCCNC(=O)c1ccc(Br)c([N+](=O)[O-])c1. The van der Waals surface area contributed by atoms with E-state index < -0.39 is 4.92 Å². The lowest BCUT2D eigenvalue weighted by Crippen LogP contribution is -2.24. The molecule has 0 aliphatic carbocycles. The van der Waals surface area contributed by atoms with Crippen LogP contribution in [0.5, 0.6) is 0 Å². The number of nitro benzene ring substituents is 1. The van der Waals surface area contributed by atoms with Crippen LogP contribution in [0.3, 0.4) is 0 Å². The maximum absolute atomic E-state index is 11.9. The van der Waals surface area contributed by atoms with Gasteiger partial charge in [-0.1, -0.05) is 0 Å². The van der Waals surface area contributed by atoms with Gasteiger partial charge in [-0.05, 0) is 54.8 Å². The monoisotopic (exact) mass is 358 g/mol. The van der Waals surface area contributed by atoms with E-state index in [1.807, 2.05) is 13.8 Å². The molecule has 0 aromatic heterocycles. The van der Waals surface area contributed by atoms with Gasteiger partial charge in [0.2, 0.25) is 0 Å². The van der Waals surface area contributed by atoms with Crippen LogP contribution in [0, 0.1) is 10.1 Å². The first-order valence-electron chi connectivity index (χ1n) is 6.75. The normalized spacial score (nSPS) is 10.7. The molecule has 1 aromatic rings. The summed E-state index contributed by atoms with van der Waals surface area (Å²) in [6, 6.07) is 4.32. The van der Waals surface area contributed by atoms with Crippen molar-refractivity contribution in [1.29, 1.82) is 0 Å². The highest BCUT2D eigenvalue weighted by Crippen LogP contribution is 2.25. The Bertz CT molecular complexity index is 506. The van der Waals surface area contributed by atoms with Gasteiger partial charge in [-0.15, -0.1) is 0 Å². The summed E-state index contributed by atoms with van der Waals surface area (Å²) in [5.74, 6) is -0.310. The van der Waals surface area contributed by atoms with Crippen LogP contribution in [-0.2, 0) is 4.74 Å². The van der Waals surface area contributed by atoms with Crippen LogP contribution in [0.2, 0.25) is 0 Å². The Morgan fingerprint density at radius 1 is 1.43 bits per heavy atom. The van der Waals surface area contributed by atoms with Crippen LogP contribution in [-0.4, -0.2) is 30.1 Å². The number of carbonyl (C=O) groups excluding carboxylic acids is 1. The van der Waals surface area contributed by atoms with Gasteiger partial charge < -0.3 is 10.1 Å². The van der Waals surface area contributed by atoms with Gasteiger partial charge in [-0.2, -0.15) is 0 Å². The average Bonchev–Trinajstić information content (AvgIpc) is 2.42. The number of nitro groups is 1. The van der Waals surface area contributed by atoms with E-state index in [1.54, 1.807) is 6.07 Å². The minimum absolute atomic E-state index is 0.118. The van der Waals surface area contributed by atoms with Crippen LogP contribution in [0.1, 0.15) is 37.0 Å². The molecule has 1 N–H and O–H groups in total. The molecule has 7 heteroatoms. The van der Waals surface area contributed by atoms with Crippen molar-refractivity contribution < 1.29 is 14.5 Å². The fourth-order valence-electron chi connectivity index (χ4n) is 1.64. The van der Waals surface area contributed by atoms with Crippen molar-refractivity contribution in [2.45, 2.75) is 32.8 Å². The number of benzene rings is 1. The zero-order valence-corrected chi connectivity index (χ0v) is 13.7. The van der Waals surface area contributed by atoms with Crippen molar-refractivity contribution in [2.75, 3.05) is 13.2 Å². The first-order valence-corrected chi connectivity index (χ1v) is 7.55. The quantitative estimate of drug-likeness (QED) is 0.439. The summed E-state index contributed by atoms with van der Waals surface area (Å²) < 4.78 is 5.75. The van der Waals surface area contributed by atoms with Gasteiger partial charge in [0.05, 0.1) is 15.5 Å². The van der Waals surface area contributed by atoms with Gasteiger partial charge in [0.15, 0.2) is 0 Å². The molecule has 0 unspecified atom stereocenters. The molecule has 0 saturated carbocycles. The Morgan fingerprint density at radius 3 is 2.76 bits per heavy atom. The average molecular weight is 359 g/mol. The third kappa shape index (κ3) is 6.22. The summed E-state index contributed by atoms with van der Waals surface area (Å²) in [4.78, 5) is 22.2. The maximum Gasteiger partial charge on any atom is 0.284 e. The molecule has 116 valence electrons. The molecule has 1 amide bonds. The number of nitrogens with zero attached hydrogens (tertiary/aromatic N) is 1. The van der Waals surface area contributed by atoms with E-state index in [-0.39, 0.29) is 23.3 Å². The van der Waals surface area contributed by atoms with Crippen molar-refractivity contribution in [1.82, 2.24) is 5.32 Å². The first kappa shape index (κ1) is 17.6. The molecule has 0 saturated heterocycles. The number of hydrogen-bond donors (Lipinski definition) is 1. The van der Waals surface area contributed by atoms with Gasteiger partial charge in [-0.25, -0.2) is 0 Å². The molecule has 0 radical (unpaired) electrons. The Hall–Kier alpha value is -1.47. The second-order valence-electron chi connectivity index (χ2n) is 4.81. The van der Waals surface area contributed by atoms with Crippen LogP contribution >= 0.6 is 15.9 Å².